The molecule has 1 amide bonds. The molecule has 1 aliphatic rings. The number of hydrogen-bond acceptors (Lipinski definition) is 6. The molecule has 1 aliphatic heterocycles. The molecule has 0 fully saturated rings. The summed E-state index contributed by atoms with van der Waals surface area (Å²) in [5, 5.41) is 3.28. The molecule has 2 aromatic rings. The first-order chi connectivity index (χ1) is 11.3. The summed E-state index contributed by atoms with van der Waals surface area (Å²) in [7, 11) is -2.65. The van der Waals surface area contributed by atoms with Crippen LogP contribution in [0.4, 0.5) is 0 Å². The molecule has 9 heteroatoms. The van der Waals surface area contributed by atoms with Crippen LogP contribution in [0.5, 0.6) is 0 Å². The third kappa shape index (κ3) is 2.74. The second-order valence-electron chi connectivity index (χ2n) is 5.37. The molecular formula is C15H15N3O4S2. The van der Waals surface area contributed by atoms with Crippen LogP contribution in [0.25, 0.3) is 0 Å². The lowest BCUT2D eigenvalue weighted by atomic mass is 10.0. The van der Waals surface area contributed by atoms with Gasteiger partial charge in [0, 0.05) is 23.7 Å². The van der Waals surface area contributed by atoms with Gasteiger partial charge in [-0.15, -0.1) is 11.3 Å². The van der Waals surface area contributed by atoms with Gasteiger partial charge in [-0.2, -0.15) is 4.31 Å². The van der Waals surface area contributed by atoms with E-state index in [0.29, 0.717) is 5.01 Å². The maximum atomic E-state index is 12.6. The lowest BCUT2D eigenvalue weighted by molar-refractivity contribution is -0.123. The number of carbonyl (C=O) groups is 2. The number of amides is 1. The predicted octanol–water partition coefficient (Wildman–Crippen LogP) is 0.953. The summed E-state index contributed by atoms with van der Waals surface area (Å²) in [4.78, 5) is 30.1. The van der Waals surface area contributed by atoms with Crippen LogP contribution in [0, 0.1) is 6.92 Å². The zero-order chi connectivity index (χ0) is 17.5. The van der Waals surface area contributed by atoms with Gasteiger partial charge < -0.3 is 5.32 Å². The number of benzene rings is 1. The average molecular weight is 365 g/mol. The number of nitrogens with one attached hydrogen (secondary N) is 1. The van der Waals surface area contributed by atoms with Crippen LogP contribution in [0.3, 0.4) is 0 Å². The van der Waals surface area contributed by atoms with Crippen molar-refractivity contribution in [2.75, 3.05) is 7.05 Å². The molecule has 24 heavy (non-hydrogen) atoms. The van der Waals surface area contributed by atoms with Crippen molar-refractivity contribution in [2.45, 2.75) is 24.4 Å². The maximum absolute atomic E-state index is 12.6. The molecule has 1 N–H and O–H groups in total. The van der Waals surface area contributed by atoms with Crippen LogP contribution in [0.15, 0.2) is 35.4 Å². The molecule has 7 nitrogen and oxygen atoms in total. The van der Waals surface area contributed by atoms with E-state index in [0.717, 1.165) is 9.18 Å². The van der Waals surface area contributed by atoms with Crippen LogP contribution >= 0.6 is 11.3 Å². The van der Waals surface area contributed by atoms with Crippen molar-refractivity contribution in [3.05, 3.63) is 45.9 Å². The first-order valence-corrected chi connectivity index (χ1v) is 9.38. The van der Waals surface area contributed by atoms with Crippen molar-refractivity contribution >= 4 is 33.1 Å². The number of rotatable bonds is 3. The summed E-state index contributed by atoms with van der Waals surface area (Å²) in [6.07, 6.45) is 1.69. The van der Waals surface area contributed by atoms with Gasteiger partial charge >= 0.3 is 0 Å². The third-order valence-corrected chi connectivity index (χ3v) is 6.55. The molecule has 1 unspecified atom stereocenters. The van der Waals surface area contributed by atoms with Crippen molar-refractivity contribution in [3.63, 3.8) is 0 Å². The first kappa shape index (κ1) is 16.7. The van der Waals surface area contributed by atoms with Crippen molar-refractivity contribution in [1.82, 2.24) is 14.6 Å². The van der Waals surface area contributed by atoms with Gasteiger partial charge in [-0.25, -0.2) is 13.4 Å². The van der Waals surface area contributed by atoms with Gasteiger partial charge in [-0.1, -0.05) is 12.1 Å². The number of thiazole rings is 1. The highest BCUT2D eigenvalue weighted by molar-refractivity contribution is 7.89. The number of Topliss-reactive ketones (excluding diaryl/α,β-unsaturated/α-hetero) is 1. The van der Waals surface area contributed by atoms with E-state index >= 15 is 0 Å². The molecule has 2 heterocycles. The predicted molar refractivity (Wildman–Crippen MR) is 88.2 cm³/mol. The fourth-order valence-corrected chi connectivity index (χ4v) is 4.73. The van der Waals surface area contributed by atoms with Crippen LogP contribution in [-0.4, -0.2) is 42.5 Å². The van der Waals surface area contributed by atoms with E-state index in [2.05, 4.69) is 10.3 Å². The minimum absolute atomic E-state index is 0.0424. The van der Waals surface area contributed by atoms with E-state index in [9.17, 15) is 18.0 Å². The number of ketones is 1. The van der Waals surface area contributed by atoms with E-state index in [4.69, 9.17) is 0 Å². The molecule has 0 saturated carbocycles. The zero-order valence-electron chi connectivity index (χ0n) is 13.0. The SMILES string of the molecule is Cc1cnc(CNC(=O)C2C(=O)c3ccccc3S(=O)(=O)N2C)s1. The minimum Gasteiger partial charge on any atom is -0.348 e. The monoisotopic (exact) mass is 365 g/mol. The Morgan fingerprint density at radius 3 is 2.75 bits per heavy atom. The number of aryl methyl sites for hydroxylation is 1. The Morgan fingerprint density at radius 1 is 1.38 bits per heavy atom. The molecule has 1 aromatic heterocycles. The Bertz CT molecular complexity index is 920. The first-order valence-electron chi connectivity index (χ1n) is 7.12. The van der Waals surface area contributed by atoms with Gasteiger partial charge in [0.05, 0.1) is 11.4 Å². The highest BCUT2D eigenvalue weighted by Crippen LogP contribution is 2.28. The maximum Gasteiger partial charge on any atom is 0.246 e. The Morgan fingerprint density at radius 2 is 2.08 bits per heavy atom. The number of fused-ring (bicyclic) bond motifs is 1. The van der Waals surface area contributed by atoms with Gasteiger partial charge in [-0.3, -0.25) is 9.59 Å². The second kappa shape index (κ2) is 6.08. The van der Waals surface area contributed by atoms with E-state index < -0.39 is 27.8 Å². The molecule has 0 radical (unpaired) electrons. The van der Waals surface area contributed by atoms with Gasteiger partial charge in [-0.05, 0) is 19.1 Å². The average Bonchev–Trinajstić information content (AvgIpc) is 2.97. The van der Waals surface area contributed by atoms with Gasteiger partial charge in [0.15, 0.2) is 11.8 Å². The fraction of sp³-hybridized carbons (Fsp3) is 0.267. The van der Waals surface area contributed by atoms with Gasteiger partial charge in [0.25, 0.3) is 0 Å². The van der Waals surface area contributed by atoms with Gasteiger partial charge in [0.2, 0.25) is 15.9 Å². The molecule has 1 atom stereocenters. The Hall–Kier alpha value is -2.10. The highest BCUT2D eigenvalue weighted by atomic mass is 32.2. The number of sulfonamides is 1. The molecule has 0 bridgehead atoms. The van der Waals surface area contributed by atoms with E-state index in [1.54, 1.807) is 18.3 Å². The van der Waals surface area contributed by atoms with Crippen LogP contribution < -0.4 is 5.32 Å². The number of hydrogen-bond donors (Lipinski definition) is 1. The Labute approximate surface area is 143 Å². The van der Waals surface area contributed by atoms with E-state index in [1.807, 2.05) is 6.92 Å². The largest absolute Gasteiger partial charge is 0.348 e. The van der Waals surface area contributed by atoms with Crippen LogP contribution in [0.1, 0.15) is 20.2 Å². The van der Waals surface area contributed by atoms with Crippen molar-refractivity contribution in [3.8, 4) is 0 Å². The number of likely N-dealkylation sites (N-methyl/N-ethyl adjacent to an activating group) is 1. The molecule has 0 aliphatic carbocycles. The van der Waals surface area contributed by atoms with Crippen LogP contribution in [-0.2, 0) is 21.4 Å². The molecule has 0 spiro atoms. The smallest absolute Gasteiger partial charge is 0.246 e. The standard InChI is InChI=1S/C15H15N3O4S2/c1-9-7-16-12(23-9)8-17-15(20)13-14(19)10-5-3-4-6-11(10)24(21,22)18(13)2/h3-7,13H,8H2,1-2H3,(H,17,20). The normalized spacial score (nSPS) is 19.8. The highest BCUT2D eigenvalue weighted by Gasteiger charge is 2.45. The summed E-state index contributed by atoms with van der Waals surface area (Å²) in [5.74, 6) is -1.19. The van der Waals surface area contributed by atoms with Crippen molar-refractivity contribution < 1.29 is 18.0 Å². The van der Waals surface area contributed by atoms with Crippen molar-refractivity contribution in [2.24, 2.45) is 0 Å². The van der Waals surface area contributed by atoms with Crippen LogP contribution in [0.2, 0.25) is 0 Å². The molecule has 1 aromatic carbocycles. The number of nitrogens with zero attached hydrogens (tertiary/aromatic N) is 2. The molecule has 126 valence electrons. The molecule has 3 rings (SSSR count). The van der Waals surface area contributed by atoms with E-state index in [-0.39, 0.29) is 17.0 Å². The Kier molecular flexibility index (Phi) is 4.24. The second-order valence-corrected chi connectivity index (χ2v) is 8.65. The fourth-order valence-electron chi connectivity index (χ4n) is 2.53. The zero-order valence-corrected chi connectivity index (χ0v) is 14.6. The third-order valence-electron chi connectivity index (χ3n) is 3.75. The summed E-state index contributed by atoms with van der Waals surface area (Å²) in [5.41, 5.74) is 0.0424. The summed E-state index contributed by atoms with van der Waals surface area (Å²) >= 11 is 1.42. The minimum atomic E-state index is -3.89. The number of carbonyl (C=O) groups excluding carboxylic acids is 2. The lowest BCUT2D eigenvalue weighted by Gasteiger charge is -2.30. The number of aromatic nitrogens is 1. The Balaban J connectivity index is 1.88. The van der Waals surface area contributed by atoms with Gasteiger partial charge in [0.1, 0.15) is 5.01 Å². The van der Waals surface area contributed by atoms with Crippen molar-refractivity contribution in [1.29, 1.82) is 0 Å². The summed E-state index contributed by atoms with van der Waals surface area (Å²) in [6, 6.07) is 4.50. The molecular weight excluding hydrogens is 350 g/mol. The quantitative estimate of drug-likeness (QED) is 0.817. The topological polar surface area (TPSA) is 96.4 Å². The summed E-state index contributed by atoms with van der Waals surface area (Å²) < 4.78 is 25.9. The molecule has 0 saturated heterocycles. The summed E-state index contributed by atoms with van der Waals surface area (Å²) in [6.45, 7) is 2.04. The lowest BCUT2D eigenvalue weighted by Crippen LogP contribution is -2.54. The van der Waals surface area contributed by atoms with E-state index in [1.165, 1.54) is 30.5 Å².